The van der Waals surface area contributed by atoms with E-state index >= 15 is 0 Å². The van der Waals surface area contributed by atoms with E-state index in [1.165, 1.54) is 4.31 Å². The Morgan fingerprint density at radius 2 is 2.21 bits per heavy atom. The summed E-state index contributed by atoms with van der Waals surface area (Å²) in [4.78, 5) is 11.1. The normalized spacial score (nSPS) is 22.8. The van der Waals surface area contributed by atoms with Crippen molar-refractivity contribution in [2.75, 3.05) is 20.2 Å². The van der Waals surface area contributed by atoms with Crippen molar-refractivity contribution in [3.63, 3.8) is 0 Å². The molecule has 0 bridgehead atoms. The highest BCUT2D eigenvalue weighted by Crippen LogP contribution is 2.33. The monoisotopic (exact) mass is 353 g/mol. The summed E-state index contributed by atoms with van der Waals surface area (Å²) in [5.74, 6) is -0.193. The van der Waals surface area contributed by atoms with Gasteiger partial charge in [0.1, 0.15) is 5.75 Å². The lowest BCUT2D eigenvalue weighted by Gasteiger charge is -2.16. The highest BCUT2D eigenvalue weighted by Gasteiger charge is 2.35. The summed E-state index contributed by atoms with van der Waals surface area (Å²) in [5.41, 5.74) is 1.25. The Morgan fingerprint density at radius 1 is 1.46 bits per heavy atom. The number of hydrogen-bond donors (Lipinski definition) is 2. The molecule has 1 aliphatic rings. The van der Waals surface area contributed by atoms with Crippen LogP contribution in [0.5, 0.6) is 5.75 Å². The van der Waals surface area contributed by atoms with Crippen molar-refractivity contribution in [3.8, 4) is 5.75 Å². The van der Waals surface area contributed by atoms with Crippen LogP contribution in [0.1, 0.15) is 18.7 Å². The van der Waals surface area contributed by atoms with Gasteiger partial charge in [0.15, 0.2) is 0 Å². The van der Waals surface area contributed by atoms with Gasteiger partial charge in [-0.3, -0.25) is 14.0 Å². The van der Waals surface area contributed by atoms with Crippen molar-refractivity contribution in [3.05, 3.63) is 23.9 Å². The van der Waals surface area contributed by atoms with E-state index in [0.717, 1.165) is 10.9 Å². The molecule has 1 fully saturated rings. The van der Waals surface area contributed by atoms with Crippen LogP contribution in [0.2, 0.25) is 0 Å². The molecule has 1 aromatic carbocycles. The average Bonchev–Trinajstić information content (AvgIpc) is 3.07. The van der Waals surface area contributed by atoms with E-state index in [4.69, 9.17) is 9.84 Å². The maximum absolute atomic E-state index is 11.3. The third-order valence-corrected chi connectivity index (χ3v) is 5.12. The maximum Gasteiger partial charge on any atom is 0.309 e. The highest BCUT2D eigenvalue weighted by atomic mass is 32.2. The van der Waals surface area contributed by atoms with Gasteiger partial charge in [-0.15, -0.1) is 0 Å². The smallest absolute Gasteiger partial charge is 0.309 e. The third-order valence-electron chi connectivity index (χ3n) is 4.38. The quantitative estimate of drug-likeness (QED) is 0.785. The van der Waals surface area contributed by atoms with E-state index in [2.05, 4.69) is 5.10 Å². The number of aromatic nitrogens is 2. The maximum atomic E-state index is 11.3. The fourth-order valence-corrected chi connectivity index (χ4v) is 3.83. The van der Waals surface area contributed by atoms with Gasteiger partial charge in [-0.25, -0.2) is 4.21 Å². The molecular formula is C15H19N3O5S. The van der Waals surface area contributed by atoms with Crippen molar-refractivity contribution >= 4 is 28.1 Å². The van der Waals surface area contributed by atoms with Gasteiger partial charge in [0.05, 0.1) is 30.8 Å². The summed E-state index contributed by atoms with van der Waals surface area (Å²) >= 11 is -2.02. The Labute approximate surface area is 141 Å². The van der Waals surface area contributed by atoms with Crippen molar-refractivity contribution in [1.82, 2.24) is 14.1 Å². The van der Waals surface area contributed by atoms with Gasteiger partial charge in [-0.2, -0.15) is 9.40 Å². The largest absolute Gasteiger partial charge is 0.497 e. The molecular weight excluding hydrogens is 334 g/mol. The first kappa shape index (κ1) is 16.9. The summed E-state index contributed by atoms with van der Waals surface area (Å²) in [6.45, 7) is 2.85. The second-order valence-electron chi connectivity index (χ2n) is 5.97. The Morgan fingerprint density at radius 3 is 2.79 bits per heavy atom. The van der Waals surface area contributed by atoms with E-state index < -0.39 is 17.2 Å². The number of hydrogen-bond acceptors (Lipinski definition) is 4. The molecule has 2 N–H and O–H groups in total. The van der Waals surface area contributed by atoms with E-state index in [9.17, 15) is 13.6 Å². The summed E-state index contributed by atoms with van der Waals surface area (Å²) in [6.07, 6.45) is -0.174. The number of fused-ring (bicyclic) bond motifs is 1. The molecule has 2 aromatic rings. The standard InChI is InChI=1S/C15H19N3O5S/c1-9-7-17(24(21)22)8-14(9)18-13-5-10(23-2)3-4-11(13)12(16-18)6-15(19)20/h3-5,9,14H,6-8H2,1-2H3,(H,19,20)(H,21,22)/t9-,14+/m1/s1. The van der Waals surface area contributed by atoms with Gasteiger partial charge in [-0.05, 0) is 18.1 Å². The third kappa shape index (κ3) is 3.02. The molecule has 0 spiro atoms. The van der Waals surface area contributed by atoms with Crippen LogP contribution < -0.4 is 4.74 Å². The highest BCUT2D eigenvalue weighted by molar-refractivity contribution is 7.76. The molecule has 0 amide bonds. The number of carboxylic acids is 1. The first-order chi connectivity index (χ1) is 11.4. The molecule has 1 unspecified atom stereocenters. The molecule has 1 aliphatic heterocycles. The summed E-state index contributed by atoms with van der Waals surface area (Å²) in [6, 6.07) is 5.28. The molecule has 1 saturated heterocycles. The Balaban J connectivity index is 2.09. The van der Waals surface area contributed by atoms with Crippen LogP contribution in [-0.2, 0) is 22.5 Å². The fourth-order valence-electron chi connectivity index (χ4n) is 3.19. The van der Waals surface area contributed by atoms with Crippen LogP contribution in [0.3, 0.4) is 0 Å². The molecule has 0 saturated carbocycles. The lowest BCUT2D eigenvalue weighted by atomic mass is 10.1. The van der Waals surface area contributed by atoms with E-state index in [1.54, 1.807) is 23.9 Å². The fraction of sp³-hybridized carbons (Fsp3) is 0.467. The van der Waals surface area contributed by atoms with Crippen LogP contribution in [0, 0.1) is 5.92 Å². The molecule has 24 heavy (non-hydrogen) atoms. The average molecular weight is 353 g/mol. The molecule has 3 atom stereocenters. The van der Waals surface area contributed by atoms with Crippen molar-refractivity contribution in [2.45, 2.75) is 19.4 Å². The number of methoxy groups -OCH3 is 1. The van der Waals surface area contributed by atoms with Crippen molar-refractivity contribution < 1.29 is 23.4 Å². The summed E-state index contributed by atoms with van der Waals surface area (Å²) in [7, 11) is 1.56. The molecule has 1 aromatic heterocycles. The molecule has 3 rings (SSSR count). The molecule has 0 aliphatic carbocycles. The van der Waals surface area contributed by atoms with E-state index in [0.29, 0.717) is 24.5 Å². The van der Waals surface area contributed by atoms with Gasteiger partial charge in [0, 0.05) is 24.5 Å². The molecule has 8 nitrogen and oxygen atoms in total. The van der Waals surface area contributed by atoms with Crippen LogP contribution in [-0.4, -0.2) is 54.1 Å². The van der Waals surface area contributed by atoms with Crippen LogP contribution in [0.15, 0.2) is 18.2 Å². The van der Waals surface area contributed by atoms with Crippen LogP contribution in [0.4, 0.5) is 0 Å². The summed E-state index contributed by atoms with van der Waals surface area (Å²) < 4.78 is 29.2. The van der Waals surface area contributed by atoms with Crippen molar-refractivity contribution in [1.29, 1.82) is 0 Å². The molecule has 9 heteroatoms. The number of aliphatic carboxylic acids is 1. The molecule has 2 heterocycles. The van der Waals surface area contributed by atoms with Gasteiger partial charge in [-0.1, -0.05) is 6.92 Å². The minimum Gasteiger partial charge on any atom is -0.497 e. The predicted molar refractivity (Wildman–Crippen MR) is 88.2 cm³/mol. The van der Waals surface area contributed by atoms with Gasteiger partial charge in [0.2, 0.25) is 11.3 Å². The minimum atomic E-state index is -2.02. The number of carbonyl (C=O) groups is 1. The number of carboxylic acid groups (broad SMARTS) is 1. The Kier molecular flexibility index (Phi) is 4.57. The van der Waals surface area contributed by atoms with Gasteiger partial charge < -0.3 is 9.84 Å². The zero-order chi connectivity index (χ0) is 17.4. The predicted octanol–water partition coefficient (Wildman–Crippen LogP) is 1.30. The number of nitrogens with zero attached hydrogens (tertiary/aromatic N) is 3. The van der Waals surface area contributed by atoms with Gasteiger partial charge >= 0.3 is 5.97 Å². The Hall–Kier alpha value is -1.97. The van der Waals surface area contributed by atoms with Crippen LogP contribution >= 0.6 is 0 Å². The first-order valence-corrected chi connectivity index (χ1v) is 8.60. The van der Waals surface area contributed by atoms with E-state index in [-0.39, 0.29) is 18.4 Å². The minimum absolute atomic E-state index is 0.105. The SMILES string of the molecule is COc1ccc2c(CC(=O)O)nn([C@H]3CN(S(=O)O)C[C@H]3C)c2c1. The molecule has 130 valence electrons. The zero-order valence-corrected chi connectivity index (χ0v) is 14.2. The number of ether oxygens (including phenoxy) is 1. The second-order valence-corrected chi connectivity index (χ2v) is 6.95. The second kappa shape index (κ2) is 6.50. The lowest BCUT2D eigenvalue weighted by Crippen LogP contribution is -2.23. The summed E-state index contributed by atoms with van der Waals surface area (Å²) in [5, 5.41) is 14.4. The lowest BCUT2D eigenvalue weighted by molar-refractivity contribution is -0.136. The molecule has 0 radical (unpaired) electrons. The van der Waals surface area contributed by atoms with Crippen LogP contribution in [0.25, 0.3) is 10.9 Å². The Bertz CT molecular complexity index is 806. The van der Waals surface area contributed by atoms with E-state index in [1.807, 2.05) is 13.0 Å². The number of benzene rings is 1. The topological polar surface area (TPSA) is 105 Å². The van der Waals surface area contributed by atoms with Crippen molar-refractivity contribution in [2.24, 2.45) is 5.92 Å². The first-order valence-electron chi connectivity index (χ1n) is 7.53. The zero-order valence-electron chi connectivity index (χ0n) is 13.4. The number of rotatable bonds is 5. The van der Waals surface area contributed by atoms with Gasteiger partial charge in [0.25, 0.3) is 0 Å².